The lowest BCUT2D eigenvalue weighted by Gasteiger charge is -2.25. The second-order valence-corrected chi connectivity index (χ2v) is 7.71. The molecule has 0 aliphatic rings. The first-order chi connectivity index (χ1) is 15.9. The molecule has 0 bridgehead atoms. The number of nitrogens with zero attached hydrogens (tertiary/aromatic N) is 1. The van der Waals surface area contributed by atoms with E-state index >= 15 is 0 Å². The maximum Gasteiger partial charge on any atom is 0.328 e. The summed E-state index contributed by atoms with van der Waals surface area (Å²) in [5, 5.41) is 35.0. The molecule has 0 aromatic carbocycles. The molecule has 0 fully saturated rings. The Morgan fingerprint density at radius 3 is 1.91 bits per heavy atom. The fourth-order valence-corrected chi connectivity index (χ4v) is 2.81. The van der Waals surface area contributed by atoms with Crippen molar-refractivity contribution in [3.8, 4) is 0 Å². The summed E-state index contributed by atoms with van der Waals surface area (Å²) in [6, 6.07) is -5.16. The minimum Gasteiger partial charge on any atom is -0.480 e. The van der Waals surface area contributed by atoms with Crippen molar-refractivity contribution in [2.45, 2.75) is 69.3 Å². The summed E-state index contributed by atoms with van der Waals surface area (Å²) < 4.78 is 0. The van der Waals surface area contributed by atoms with Crippen LogP contribution in [0.3, 0.4) is 0 Å². The van der Waals surface area contributed by atoms with Crippen LogP contribution in [-0.2, 0) is 19.2 Å². The van der Waals surface area contributed by atoms with E-state index in [9.17, 15) is 29.4 Å². The number of amides is 3. The number of nitrogens with one attached hydrogen (secondary N) is 3. The summed E-state index contributed by atoms with van der Waals surface area (Å²) in [5.41, 5.74) is 21.5. The first-order valence-electron chi connectivity index (χ1n) is 10.9. The number of carboxylic acid groups (broad SMARTS) is 1. The lowest BCUT2D eigenvalue weighted by molar-refractivity contribution is -0.145. The van der Waals surface area contributed by atoms with Crippen molar-refractivity contribution < 1.29 is 34.5 Å². The predicted octanol–water partition coefficient (Wildman–Crippen LogP) is -4.59. The Balaban J connectivity index is 5.53. The van der Waals surface area contributed by atoms with E-state index in [2.05, 4.69) is 20.9 Å². The molecule has 0 aliphatic heterocycles. The number of hydrogen-bond acceptors (Lipinski definition) is 9. The molecule has 34 heavy (non-hydrogen) atoms. The number of aliphatic hydroxyl groups excluding tert-OH is 2. The van der Waals surface area contributed by atoms with E-state index in [-0.39, 0.29) is 31.8 Å². The number of unbranched alkanes of at least 4 members (excludes halogenated alkanes) is 1. The van der Waals surface area contributed by atoms with E-state index in [4.69, 9.17) is 28.0 Å². The number of aliphatic hydroxyl groups is 2. The minimum atomic E-state index is -1.58. The third kappa shape index (κ3) is 12.3. The van der Waals surface area contributed by atoms with Crippen LogP contribution >= 0.6 is 0 Å². The van der Waals surface area contributed by atoms with E-state index < -0.39 is 60.6 Å². The van der Waals surface area contributed by atoms with Crippen molar-refractivity contribution in [3.63, 3.8) is 0 Å². The van der Waals surface area contributed by atoms with Crippen LogP contribution in [0.5, 0.6) is 0 Å². The van der Waals surface area contributed by atoms with Crippen LogP contribution in [0.4, 0.5) is 0 Å². The summed E-state index contributed by atoms with van der Waals surface area (Å²) in [5.74, 6) is -3.93. The van der Waals surface area contributed by atoms with Gasteiger partial charge in [0.2, 0.25) is 17.7 Å². The fourth-order valence-electron chi connectivity index (χ4n) is 2.81. The van der Waals surface area contributed by atoms with Gasteiger partial charge in [0.25, 0.3) is 0 Å². The number of aliphatic carboxylic acids is 1. The number of nitrogens with two attached hydrogens (primary N) is 4. The van der Waals surface area contributed by atoms with Crippen LogP contribution in [0.25, 0.3) is 0 Å². The first-order valence-corrected chi connectivity index (χ1v) is 10.9. The van der Waals surface area contributed by atoms with E-state index in [1.165, 1.54) is 6.92 Å². The zero-order valence-electron chi connectivity index (χ0n) is 19.3. The molecule has 5 unspecified atom stereocenters. The van der Waals surface area contributed by atoms with Crippen LogP contribution in [-0.4, -0.2) is 94.9 Å². The van der Waals surface area contributed by atoms with Gasteiger partial charge in [-0.15, -0.1) is 0 Å². The molecule has 0 radical (unpaired) electrons. The first kappa shape index (κ1) is 31.0. The zero-order chi connectivity index (χ0) is 26.3. The van der Waals surface area contributed by atoms with Gasteiger partial charge in [-0.3, -0.25) is 19.4 Å². The molecule has 15 heteroatoms. The van der Waals surface area contributed by atoms with Gasteiger partial charge in [-0.25, -0.2) is 4.79 Å². The Kier molecular flexibility index (Phi) is 15.1. The molecule has 5 atom stereocenters. The molecule has 0 spiro atoms. The molecule has 3 amide bonds. The highest BCUT2D eigenvalue weighted by atomic mass is 16.4. The van der Waals surface area contributed by atoms with Gasteiger partial charge >= 0.3 is 5.97 Å². The summed E-state index contributed by atoms with van der Waals surface area (Å²) in [4.78, 5) is 52.9. The van der Waals surface area contributed by atoms with Gasteiger partial charge < -0.3 is 54.2 Å². The van der Waals surface area contributed by atoms with Crippen molar-refractivity contribution >= 4 is 29.7 Å². The number of carboxylic acids is 1. The number of carbonyl (C=O) groups is 4. The Morgan fingerprint density at radius 1 is 0.912 bits per heavy atom. The highest BCUT2D eigenvalue weighted by Crippen LogP contribution is 2.06. The molecular weight excluding hydrogens is 452 g/mol. The van der Waals surface area contributed by atoms with Crippen LogP contribution < -0.4 is 38.9 Å². The molecule has 0 aliphatic carbocycles. The molecule has 0 aromatic rings. The quantitative estimate of drug-likeness (QED) is 0.0525. The smallest absolute Gasteiger partial charge is 0.328 e. The second-order valence-electron chi connectivity index (χ2n) is 7.71. The van der Waals surface area contributed by atoms with E-state index in [0.717, 1.165) is 0 Å². The van der Waals surface area contributed by atoms with Gasteiger partial charge in [-0.1, -0.05) is 0 Å². The van der Waals surface area contributed by atoms with Gasteiger partial charge in [0.15, 0.2) is 12.0 Å². The number of aliphatic imine (C=N–C) groups is 1. The standard InChI is InChI=1S/C19H38N8O7/c1-10(29)14(18(33)34)27-17(32)12(5-2-3-7-20)26-16(31)13(6-4-8-24-19(22)23)25-15(30)11(21)9-28/h10-14,28-29H,2-9,20-21H2,1H3,(H,25,30)(H,26,31)(H,27,32)(H,33,34)(H4,22,23,24). The Bertz CT molecular complexity index is 700. The van der Waals surface area contributed by atoms with Crippen LogP contribution in [0.1, 0.15) is 39.0 Å². The average Bonchev–Trinajstić information content (AvgIpc) is 2.77. The number of guanidine groups is 1. The summed E-state index contributed by atoms with van der Waals surface area (Å²) in [6.45, 7) is 1.07. The highest BCUT2D eigenvalue weighted by molar-refractivity contribution is 5.94. The van der Waals surface area contributed by atoms with E-state index in [1.807, 2.05) is 0 Å². The van der Waals surface area contributed by atoms with Crippen LogP contribution in [0, 0.1) is 0 Å². The molecule has 0 heterocycles. The van der Waals surface area contributed by atoms with Crippen molar-refractivity contribution in [2.24, 2.45) is 27.9 Å². The molecule has 14 N–H and O–H groups in total. The molecule has 0 rings (SSSR count). The second kappa shape index (κ2) is 16.6. The SMILES string of the molecule is CC(O)C(NC(=O)C(CCCCN)NC(=O)C(CCCN=C(N)N)NC(=O)C(N)CO)C(=O)O. The van der Waals surface area contributed by atoms with Gasteiger partial charge in [0.05, 0.1) is 12.7 Å². The minimum absolute atomic E-state index is 0.0784. The molecule has 15 nitrogen and oxygen atoms in total. The average molecular weight is 491 g/mol. The predicted molar refractivity (Wildman–Crippen MR) is 123 cm³/mol. The Hall–Kier alpha value is -3.01. The summed E-state index contributed by atoms with van der Waals surface area (Å²) >= 11 is 0. The molecule has 196 valence electrons. The van der Waals surface area contributed by atoms with Crippen molar-refractivity contribution in [1.29, 1.82) is 0 Å². The zero-order valence-corrected chi connectivity index (χ0v) is 19.3. The molecule has 0 saturated heterocycles. The van der Waals surface area contributed by atoms with E-state index in [1.54, 1.807) is 0 Å². The van der Waals surface area contributed by atoms with Gasteiger partial charge in [0.1, 0.15) is 18.1 Å². The van der Waals surface area contributed by atoms with Gasteiger partial charge in [0, 0.05) is 6.54 Å². The maximum absolute atomic E-state index is 12.9. The third-order valence-corrected chi connectivity index (χ3v) is 4.74. The lowest BCUT2D eigenvalue weighted by Crippen LogP contribution is -2.58. The molecule has 0 aromatic heterocycles. The van der Waals surface area contributed by atoms with Gasteiger partial charge in [-0.2, -0.15) is 0 Å². The van der Waals surface area contributed by atoms with Crippen LogP contribution in [0.2, 0.25) is 0 Å². The summed E-state index contributed by atoms with van der Waals surface area (Å²) in [6.07, 6.45) is 0.101. The molecular formula is C19H38N8O7. The number of carbonyl (C=O) groups excluding carboxylic acids is 3. The van der Waals surface area contributed by atoms with Crippen molar-refractivity contribution in [2.75, 3.05) is 19.7 Å². The maximum atomic E-state index is 12.9. The lowest BCUT2D eigenvalue weighted by atomic mass is 10.0. The molecule has 0 saturated carbocycles. The largest absolute Gasteiger partial charge is 0.480 e. The third-order valence-electron chi connectivity index (χ3n) is 4.74. The van der Waals surface area contributed by atoms with Crippen molar-refractivity contribution in [3.05, 3.63) is 0 Å². The van der Waals surface area contributed by atoms with Crippen molar-refractivity contribution in [1.82, 2.24) is 16.0 Å². The topological polar surface area (TPSA) is 282 Å². The van der Waals surface area contributed by atoms with Gasteiger partial charge in [-0.05, 0) is 45.6 Å². The fraction of sp³-hybridized carbons (Fsp3) is 0.737. The summed E-state index contributed by atoms with van der Waals surface area (Å²) in [7, 11) is 0. The number of rotatable bonds is 17. The number of hydrogen-bond donors (Lipinski definition) is 10. The normalized spacial score (nSPS) is 15.2. The highest BCUT2D eigenvalue weighted by Gasteiger charge is 2.31. The van der Waals surface area contributed by atoms with Crippen LogP contribution in [0.15, 0.2) is 4.99 Å². The Morgan fingerprint density at radius 2 is 1.44 bits per heavy atom. The monoisotopic (exact) mass is 490 g/mol. The van der Waals surface area contributed by atoms with E-state index in [0.29, 0.717) is 19.4 Å². The Labute approximate surface area is 197 Å².